The number of rotatable bonds is 6. The molecular formula is C25H33N3O3. The van der Waals surface area contributed by atoms with Crippen molar-refractivity contribution in [1.29, 1.82) is 0 Å². The number of carbonyl (C=O) groups is 2. The molecule has 2 amide bonds. The molecule has 3 rings (SSSR count). The number of phenols is 1. The predicted molar refractivity (Wildman–Crippen MR) is 123 cm³/mol. The molecule has 0 unspecified atom stereocenters. The Hall–Kier alpha value is -2.86. The lowest BCUT2D eigenvalue weighted by molar-refractivity contribution is -0.133. The van der Waals surface area contributed by atoms with Gasteiger partial charge in [0.2, 0.25) is 11.8 Å². The van der Waals surface area contributed by atoms with Gasteiger partial charge in [0.1, 0.15) is 5.75 Å². The van der Waals surface area contributed by atoms with Crippen LogP contribution in [0.2, 0.25) is 0 Å². The number of aromatic hydroxyl groups is 1. The Balaban J connectivity index is 1.64. The van der Waals surface area contributed by atoms with E-state index in [1.165, 1.54) is 0 Å². The molecule has 0 bridgehead atoms. The van der Waals surface area contributed by atoms with Gasteiger partial charge in [-0.05, 0) is 74.1 Å². The highest BCUT2D eigenvalue weighted by atomic mass is 16.3. The number of piperidine rings is 1. The van der Waals surface area contributed by atoms with Crippen LogP contribution in [0.1, 0.15) is 42.9 Å². The Morgan fingerprint density at radius 2 is 1.71 bits per heavy atom. The summed E-state index contributed by atoms with van der Waals surface area (Å²) < 4.78 is 0. The van der Waals surface area contributed by atoms with Crippen molar-refractivity contribution in [1.82, 2.24) is 4.90 Å². The van der Waals surface area contributed by atoms with Crippen molar-refractivity contribution in [3.05, 3.63) is 59.2 Å². The first-order valence-electron chi connectivity index (χ1n) is 11.0. The molecule has 0 spiro atoms. The average molecular weight is 424 g/mol. The Bertz CT molecular complexity index is 898. The van der Waals surface area contributed by atoms with Crippen LogP contribution < -0.4 is 10.6 Å². The van der Waals surface area contributed by atoms with Crippen LogP contribution in [0.4, 0.5) is 5.69 Å². The minimum Gasteiger partial charge on any atom is -0.508 e. The molecule has 6 heteroatoms. The minimum absolute atomic E-state index is 0.0570. The number of amides is 2. The van der Waals surface area contributed by atoms with Gasteiger partial charge in [0.25, 0.3) is 0 Å². The van der Waals surface area contributed by atoms with Gasteiger partial charge in [-0.15, -0.1) is 0 Å². The molecule has 1 saturated heterocycles. The Kier molecular flexibility index (Phi) is 7.33. The second-order valence-corrected chi connectivity index (χ2v) is 8.38. The summed E-state index contributed by atoms with van der Waals surface area (Å²) in [4.78, 5) is 29.4. The third-order valence-electron chi connectivity index (χ3n) is 6.17. The van der Waals surface area contributed by atoms with Crippen molar-refractivity contribution in [3.8, 4) is 5.75 Å². The normalized spacial score (nSPS) is 15.5. The lowest BCUT2D eigenvalue weighted by Gasteiger charge is -2.39. The number of hydrogen-bond acceptors (Lipinski definition) is 4. The highest BCUT2D eigenvalue weighted by Gasteiger charge is 2.31. The molecular weight excluding hydrogens is 390 g/mol. The Labute approximate surface area is 184 Å². The zero-order valence-electron chi connectivity index (χ0n) is 18.7. The van der Waals surface area contributed by atoms with Crippen LogP contribution in [0.3, 0.4) is 0 Å². The second-order valence-electron chi connectivity index (χ2n) is 8.38. The number of anilines is 1. The quantitative estimate of drug-likeness (QED) is 0.746. The van der Waals surface area contributed by atoms with Gasteiger partial charge in [0, 0.05) is 31.2 Å². The number of carbonyl (C=O) groups excluding carboxylic acids is 2. The van der Waals surface area contributed by atoms with E-state index in [1.807, 2.05) is 60.9 Å². The average Bonchev–Trinajstić information content (AvgIpc) is 2.76. The lowest BCUT2D eigenvalue weighted by atomic mass is 9.95. The van der Waals surface area contributed by atoms with Gasteiger partial charge in [0.15, 0.2) is 0 Å². The van der Waals surface area contributed by atoms with Crippen LogP contribution in [0, 0.1) is 13.8 Å². The van der Waals surface area contributed by atoms with Gasteiger partial charge in [0.05, 0.1) is 6.04 Å². The van der Waals surface area contributed by atoms with Gasteiger partial charge in [-0.1, -0.05) is 25.1 Å². The van der Waals surface area contributed by atoms with Crippen LogP contribution in [0.5, 0.6) is 5.75 Å². The fraction of sp³-hybridized carbons (Fsp3) is 0.440. The fourth-order valence-corrected chi connectivity index (χ4v) is 4.50. The van der Waals surface area contributed by atoms with Crippen LogP contribution in [-0.4, -0.2) is 47.0 Å². The maximum Gasteiger partial charge on any atom is 0.239 e. The van der Waals surface area contributed by atoms with Gasteiger partial charge in [-0.25, -0.2) is 0 Å². The summed E-state index contributed by atoms with van der Waals surface area (Å²) in [5.41, 5.74) is 10.1. The van der Waals surface area contributed by atoms with Crippen LogP contribution in [0.15, 0.2) is 42.5 Å². The number of para-hydroxylation sites is 1. The number of nitrogens with zero attached hydrogens (tertiary/aromatic N) is 2. The van der Waals surface area contributed by atoms with Crippen LogP contribution in [0.25, 0.3) is 0 Å². The van der Waals surface area contributed by atoms with Crippen molar-refractivity contribution >= 4 is 17.5 Å². The Morgan fingerprint density at radius 3 is 2.26 bits per heavy atom. The van der Waals surface area contributed by atoms with Crippen LogP contribution >= 0.6 is 0 Å². The van der Waals surface area contributed by atoms with Gasteiger partial charge in [-0.2, -0.15) is 0 Å². The maximum atomic E-state index is 13.0. The number of nitrogens with two attached hydrogens (primary N) is 1. The van der Waals surface area contributed by atoms with E-state index in [1.54, 1.807) is 12.1 Å². The molecule has 0 aliphatic carbocycles. The molecule has 1 aliphatic rings. The van der Waals surface area contributed by atoms with Crippen molar-refractivity contribution in [2.45, 2.75) is 58.5 Å². The monoisotopic (exact) mass is 423 g/mol. The van der Waals surface area contributed by atoms with E-state index in [9.17, 15) is 14.7 Å². The first kappa shape index (κ1) is 22.8. The molecule has 3 N–H and O–H groups in total. The van der Waals surface area contributed by atoms with Gasteiger partial charge in [-0.3, -0.25) is 9.59 Å². The zero-order valence-corrected chi connectivity index (χ0v) is 18.7. The first-order valence-corrected chi connectivity index (χ1v) is 11.0. The second kappa shape index (κ2) is 9.96. The smallest absolute Gasteiger partial charge is 0.239 e. The molecule has 0 saturated carbocycles. The molecule has 1 fully saturated rings. The minimum atomic E-state index is -0.624. The third-order valence-corrected chi connectivity index (χ3v) is 6.17. The SMILES string of the molecule is CCC(=O)N(c1ccccc1)C1CCN(C(=O)[C@@H](N)Cc2c(C)cc(O)cc2C)CC1. The van der Waals surface area contributed by atoms with Crippen LogP contribution in [-0.2, 0) is 16.0 Å². The summed E-state index contributed by atoms with van der Waals surface area (Å²) in [5, 5.41) is 9.74. The molecule has 0 aromatic heterocycles. The van der Waals surface area contributed by atoms with E-state index < -0.39 is 6.04 Å². The molecule has 2 aromatic rings. The molecule has 31 heavy (non-hydrogen) atoms. The number of benzene rings is 2. The summed E-state index contributed by atoms with van der Waals surface area (Å²) in [7, 11) is 0. The molecule has 1 heterocycles. The predicted octanol–water partition coefficient (Wildman–Crippen LogP) is 3.31. The molecule has 1 atom stereocenters. The van der Waals surface area contributed by atoms with E-state index in [2.05, 4.69) is 0 Å². The topological polar surface area (TPSA) is 86.9 Å². The number of aryl methyl sites for hydroxylation is 2. The molecule has 0 radical (unpaired) electrons. The number of likely N-dealkylation sites (tertiary alicyclic amines) is 1. The summed E-state index contributed by atoms with van der Waals surface area (Å²) in [6.45, 7) is 6.90. The lowest BCUT2D eigenvalue weighted by Crippen LogP contribution is -2.52. The van der Waals surface area contributed by atoms with E-state index >= 15 is 0 Å². The van der Waals surface area contributed by atoms with E-state index in [-0.39, 0.29) is 23.6 Å². The third kappa shape index (κ3) is 5.25. The molecule has 166 valence electrons. The van der Waals surface area contributed by atoms with Gasteiger partial charge < -0.3 is 20.6 Å². The molecule has 2 aromatic carbocycles. The van der Waals surface area contributed by atoms with Crippen molar-refractivity contribution in [3.63, 3.8) is 0 Å². The fourth-order valence-electron chi connectivity index (χ4n) is 4.50. The van der Waals surface area contributed by atoms with Crippen molar-refractivity contribution < 1.29 is 14.7 Å². The first-order chi connectivity index (χ1) is 14.8. The summed E-state index contributed by atoms with van der Waals surface area (Å²) in [6, 6.07) is 12.6. The maximum absolute atomic E-state index is 13.0. The zero-order chi connectivity index (χ0) is 22.5. The summed E-state index contributed by atoms with van der Waals surface area (Å²) >= 11 is 0. The van der Waals surface area contributed by atoms with Crippen molar-refractivity contribution in [2.75, 3.05) is 18.0 Å². The standard InChI is InChI=1S/C25H33N3O3/c1-4-24(30)28(19-8-6-5-7-9-19)20-10-12-27(13-11-20)25(31)23(26)16-22-17(2)14-21(29)15-18(22)3/h5-9,14-15,20,23,29H,4,10-13,16,26H2,1-3H3/t23-/m0/s1. The summed E-state index contributed by atoms with van der Waals surface area (Å²) in [6.07, 6.45) is 2.36. The summed E-state index contributed by atoms with van der Waals surface area (Å²) in [5.74, 6) is 0.273. The van der Waals surface area contributed by atoms with E-state index in [0.717, 1.165) is 35.2 Å². The highest BCUT2D eigenvalue weighted by molar-refractivity contribution is 5.93. The largest absolute Gasteiger partial charge is 0.508 e. The highest BCUT2D eigenvalue weighted by Crippen LogP contribution is 2.26. The van der Waals surface area contributed by atoms with E-state index in [0.29, 0.717) is 25.9 Å². The number of hydrogen-bond donors (Lipinski definition) is 2. The number of phenolic OH excluding ortho intramolecular Hbond substituents is 1. The van der Waals surface area contributed by atoms with Crippen molar-refractivity contribution in [2.24, 2.45) is 5.73 Å². The van der Waals surface area contributed by atoms with Gasteiger partial charge >= 0.3 is 0 Å². The molecule has 1 aliphatic heterocycles. The Morgan fingerprint density at radius 1 is 1.13 bits per heavy atom. The molecule has 6 nitrogen and oxygen atoms in total. The van der Waals surface area contributed by atoms with E-state index in [4.69, 9.17) is 5.73 Å².